The van der Waals surface area contributed by atoms with E-state index in [0.29, 0.717) is 23.1 Å². The first-order chi connectivity index (χ1) is 10.1. The van der Waals surface area contributed by atoms with Crippen LogP contribution >= 0.6 is 15.9 Å². The second-order valence-corrected chi connectivity index (χ2v) is 5.59. The molecule has 0 unspecified atom stereocenters. The molecule has 0 aromatic heterocycles. The number of hydrogen-bond acceptors (Lipinski definition) is 3. The molecule has 0 radical (unpaired) electrons. The van der Waals surface area contributed by atoms with Gasteiger partial charge in [-0.05, 0) is 52.2 Å². The Morgan fingerprint density at radius 2 is 1.76 bits per heavy atom. The molecule has 4 nitrogen and oxygen atoms in total. The van der Waals surface area contributed by atoms with Crippen LogP contribution in [-0.4, -0.2) is 12.5 Å². The molecule has 0 bridgehead atoms. The zero-order valence-corrected chi connectivity index (χ0v) is 13.2. The zero-order chi connectivity index (χ0) is 15.2. The molecule has 0 aliphatic carbocycles. The van der Waals surface area contributed by atoms with Crippen molar-refractivity contribution >= 4 is 27.5 Å². The fourth-order valence-electron chi connectivity index (χ4n) is 2.11. The van der Waals surface area contributed by atoms with Crippen LogP contribution in [0.15, 0.2) is 46.9 Å². The molecule has 1 amide bonds. The van der Waals surface area contributed by atoms with Crippen LogP contribution in [0.25, 0.3) is 0 Å². The maximum Gasteiger partial charge on any atom is 0.251 e. The topological polar surface area (TPSA) is 81.1 Å². The summed E-state index contributed by atoms with van der Waals surface area (Å²) in [5.74, 6) is -0.455. The van der Waals surface area contributed by atoms with Crippen molar-refractivity contribution in [2.45, 2.75) is 13.0 Å². The molecule has 0 saturated carbocycles. The number of rotatable bonds is 6. The van der Waals surface area contributed by atoms with Gasteiger partial charge in [0.2, 0.25) is 0 Å². The number of primary amides is 1. The number of carbonyl (C=O) groups is 1. The number of amides is 1. The molecular formula is C16H18BrN3O. The third kappa shape index (κ3) is 4.06. The highest BCUT2D eigenvalue weighted by Gasteiger charge is 2.11. The van der Waals surface area contributed by atoms with E-state index in [2.05, 4.69) is 45.5 Å². The number of benzene rings is 2. The van der Waals surface area contributed by atoms with Gasteiger partial charge in [0.15, 0.2) is 0 Å². The van der Waals surface area contributed by atoms with Gasteiger partial charge >= 0.3 is 0 Å². The Kier molecular flexibility index (Phi) is 5.36. The van der Waals surface area contributed by atoms with Crippen LogP contribution in [0.2, 0.25) is 0 Å². The summed E-state index contributed by atoms with van der Waals surface area (Å²) >= 11 is 3.35. The van der Waals surface area contributed by atoms with E-state index in [-0.39, 0.29) is 0 Å². The molecule has 5 heteroatoms. The molecule has 0 saturated heterocycles. The van der Waals surface area contributed by atoms with E-state index in [1.165, 1.54) is 5.56 Å². The highest BCUT2D eigenvalue weighted by molar-refractivity contribution is 9.10. The Bertz CT molecular complexity index is 626. The Morgan fingerprint density at radius 1 is 1.10 bits per heavy atom. The average Bonchev–Trinajstić information content (AvgIpc) is 2.46. The number of nitrogens with one attached hydrogen (secondary N) is 1. The predicted octanol–water partition coefficient (Wildman–Crippen LogP) is 2.66. The third-order valence-corrected chi connectivity index (χ3v) is 3.86. The van der Waals surface area contributed by atoms with Crippen molar-refractivity contribution in [2.24, 2.45) is 11.5 Å². The van der Waals surface area contributed by atoms with Crippen LogP contribution in [-0.2, 0) is 13.0 Å². The molecule has 5 N–H and O–H groups in total. The minimum atomic E-state index is -0.455. The smallest absolute Gasteiger partial charge is 0.251 e. The Labute approximate surface area is 132 Å². The van der Waals surface area contributed by atoms with E-state index in [4.69, 9.17) is 11.5 Å². The minimum absolute atomic E-state index is 0.455. The largest absolute Gasteiger partial charge is 0.380 e. The molecule has 0 atom stereocenters. The van der Waals surface area contributed by atoms with Gasteiger partial charge in [0.1, 0.15) is 0 Å². The van der Waals surface area contributed by atoms with Gasteiger partial charge in [-0.15, -0.1) is 0 Å². The molecule has 2 aromatic carbocycles. The summed E-state index contributed by atoms with van der Waals surface area (Å²) in [6, 6.07) is 13.8. The summed E-state index contributed by atoms with van der Waals surface area (Å²) in [6.45, 7) is 1.28. The summed E-state index contributed by atoms with van der Waals surface area (Å²) in [5, 5.41) is 3.25. The van der Waals surface area contributed by atoms with Gasteiger partial charge in [-0.25, -0.2) is 0 Å². The lowest BCUT2D eigenvalue weighted by Gasteiger charge is -2.12. The second-order valence-electron chi connectivity index (χ2n) is 4.74. The zero-order valence-electron chi connectivity index (χ0n) is 11.6. The van der Waals surface area contributed by atoms with E-state index >= 15 is 0 Å². The van der Waals surface area contributed by atoms with Crippen molar-refractivity contribution in [1.82, 2.24) is 0 Å². The molecule has 2 rings (SSSR count). The van der Waals surface area contributed by atoms with Crippen molar-refractivity contribution in [2.75, 3.05) is 11.9 Å². The molecule has 21 heavy (non-hydrogen) atoms. The maximum atomic E-state index is 11.5. The normalized spacial score (nSPS) is 10.4. The van der Waals surface area contributed by atoms with Crippen LogP contribution < -0.4 is 16.8 Å². The first-order valence-corrected chi connectivity index (χ1v) is 7.51. The standard InChI is InChI=1S/C16H18BrN3O/c17-13-2-1-3-14(15(13)16(19)21)20-10-12-6-4-11(5-7-12)8-9-18/h1-7,20H,8-10,18H2,(H2,19,21). The number of anilines is 1. The quantitative estimate of drug-likeness (QED) is 0.751. The fourth-order valence-corrected chi connectivity index (χ4v) is 2.67. The number of carbonyl (C=O) groups excluding carboxylic acids is 1. The molecule has 0 heterocycles. The van der Waals surface area contributed by atoms with Crippen molar-refractivity contribution in [3.8, 4) is 0 Å². The van der Waals surface area contributed by atoms with Gasteiger partial charge in [-0.3, -0.25) is 4.79 Å². The van der Waals surface area contributed by atoms with Gasteiger partial charge in [0.25, 0.3) is 5.91 Å². The minimum Gasteiger partial charge on any atom is -0.380 e. The van der Waals surface area contributed by atoms with Gasteiger partial charge < -0.3 is 16.8 Å². The predicted molar refractivity (Wildman–Crippen MR) is 89.2 cm³/mol. The first kappa shape index (κ1) is 15.5. The van der Waals surface area contributed by atoms with Crippen molar-refractivity contribution in [3.63, 3.8) is 0 Å². The summed E-state index contributed by atoms with van der Waals surface area (Å²) in [5.41, 5.74) is 14.5. The lowest BCUT2D eigenvalue weighted by atomic mass is 10.1. The molecule has 0 fully saturated rings. The molecular weight excluding hydrogens is 330 g/mol. The molecule has 0 aliphatic rings. The summed E-state index contributed by atoms with van der Waals surface area (Å²) in [4.78, 5) is 11.5. The molecule has 2 aromatic rings. The molecule has 0 aliphatic heterocycles. The summed E-state index contributed by atoms with van der Waals surface area (Å²) < 4.78 is 0.693. The van der Waals surface area contributed by atoms with E-state index in [0.717, 1.165) is 17.7 Å². The Hall–Kier alpha value is -1.85. The number of hydrogen-bond donors (Lipinski definition) is 3. The first-order valence-electron chi connectivity index (χ1n) is 6.72. The van der Waals surface area contributed by atoms with Gasteiger partial charge in [0, 0.05) is 16.7 Å². The lowest BCUT2D eigenvalue weighted by Crippen LogP contribution is -2.15. The summed E-state index contributed by atoms with van der Waals surface area (Å²) in [6.07, 6.45) is 0.880. The van der Waals surface area contributed by atoms with Crippen LogP contribution in [0.3, 0.4) is 0 Å². The molecule has 110 valence electrons. The van der Waals surface area contributed by atoms with Crippen molar-refractivity contribution in [3.05, 3.63) is 63.6 Å². The van der Waals surface area contributed by atoms with Crippen LogP contribution in [0.4, 0.5) is 5.69 Å². The monoisotopic (exact) mass is 347 g/mol. The van der Waals surface area contributed by atoms with Crippen LogP contribution in [0.5, 0.6) is 0 Å². The van der Waals surface area contributed by atoms with Gasteiger partial charge in [-0.2, -0.15) is 0 Å². The van der Waals surface area contributed by atoms with E-state index in [9.17, 15) is 4.79 Å². The van der Waals surface area contributed by atoms with E-state index in [1.54, 1.807) is 6.07 Å². The average molecular weight is 348 g/mol. The maximum absolute atomic E-state index is 11.5. The van der Waals surface area contributed by atoms with Crippen molar-refractivity contribution in [1.29, 1.82) is 0 Å². The van der Waals surface area contributed by atoms with E-state index < -0.39 is 5.91 Å². The van der Waals surface area contributed by atoms with Crippen LogP contribution in [0, 0.1) is 0 Å². The lowest BCUT2D eigenvalue weighted by molar-refractivity contribution is 0.100. The SMILES string of the molecule is NCCc1ccc(CNc2cccc(Br)c2C(N)=O)cc1. The number of nitrogens with two attached hydrogens (primary N) is 2. The fraction of sp³-hybridized carbons (Fsp3) is 0.188. The van der Waals surface area contributed by atoms with E-state index in [1.807, 2.05) is 12.1 Å². The highest BCUT2D eigenvalue weighted by Crippen LogP contribution is 2.24. The van der Waals surface area contributed by atoms with Gasteiger partial charge in [-0.1, -0.05) is 30.3 Å². The van der Waals surface area contributed by atoms with Crippen molar-refractivity contribution < 1.29 is 4.79 Å². The third-order valence-electron chi connectivity index (χ3n) is 3.20. The number of halogens is 1. The summed E-state index contributed by atoms with van der Waals surface area (Å²) in [7, 11) is 0. The highest BCUT2D eigenvalue weighted by atomic mass is 79.9. The van der Waals surface area contributed by atoms with Crippen LogP contribution in [0.1, 0.15) is 21.5 Å². The second kappa shape index (κ2) is 7.24. The molecule has 0 spiro atoms. The Morgan fingerprint density at radius 3 is 2.38 bits per heavy atom. The van der Waals surface area contributed by atoms with Gasteiger partial charge in [0.05, 0.1) is 5.56 Å². The Balaban J connectivity index is 2.09.